The number of hydrogen-bond acceptors (Lipinski definition) is 6. The molecule has 0 spiro atoms. The molecule has 1 N–H and O–H groups in total. The van der Waals surface area contributed by atoms with Gasteiger partial charge in [0.05, 0.1) is 6.42 Å². The lowest BCUT2D eigenvalue weighted by molar-refractivity contribution is -0.120. The molecule has 112 valence electrons. The van der Waals surface area contributed by atoms with Crippen molar-refractivity contribution in [1.82, 2.24) is 15.5 Å². The van der Waals surface area contributed by atoms with Gasteiger partial charge >= 0.3 is 0 Å². The van der Waals surface area contributed by atoms with Crippen molar-refractivity contribution in [2.75, 3.05) is 13.2 Å². The Bertz CT molecular complexity index is 576. The Balaban J connectivity index is 1.41. The number of nitrogens with zero attached hydrogens (tertiary/aromatic N) is 2. The van der Waals surface area contributed by atoms with Crippen LogP contribution in [0.2, 0.25) is 0 Å². The summed E-state index contributed by atoms with van der Waals surface area (Å²) in [5.41, 5.74) is 0. The zero-order chi connectivity index (χ0) is 14.5. The molecular weight excluding hydrogens is 290 g/mol. The zero-order valence-corrected chi connectivity index (χ0v) is 12.4. The van der Waals surface area contributed by atoms with E-state index in [1.807, 2.05) is 17.5 Å². The fourth-order valence-corrected chi connectivity index (χ4v) is 2.92. The Labute approximate surface area is 126 Å². The van der Waals surface area contributed by atoms with Gasteiger partial charge in [-0.05, 0) is 24.3 Å². The van der Waals surface area contributed by atoms with Crippen LogP contribution in [0.5, 0.6) is 0 Å². The summed E-state index contributed by atoms with van der Waals surface area (Å²) in [6, 6.07) is 3.90. The monoisotopic (exact) mass is 307 g/mol. The minimum Gasteiger partial charge on any atom is -0.368 e. The molecule has 1 fully saturated rings. The summed E-state index contributed by atoms with van der Waals surface area (Å²) in [7, 11) is 0. The molecule has 2 aromatic rings. The number of ether oxygens (including phenoxy) is 1. The van der Waals surface area contributed by atoms with Gasteiger partial charge in [0.25, 0.3) is 5.89 Å². The molecule has 0 aromatic carbocycles. The predicted octanol–water partition coefficient (Wildman–Crippen LogP) is 1.88. The van der Waals surface area contributed by atoms with E-state index in [-0.39, 0.29) is 12.0 Å². The van der Waals surface area contributed by atoms with Crippen LogP contribution < -0.4 is 5.32 Å². The standard InChI is InChI=1S/C14H17N3O3S/c18-13(9-10-3-2-8-21-10)15-6-5-12-16-14(20-17-12)11-4-1-7-19-11/h2-3,8,11H,1,4-7,9H2,(H,15,18). The highest BCUT2D eigenvalue weighted by Crippen LogP contribution is 2.26. The van der Waals surface area contributed by atoms with Crippen LogP contribution in [0.3, 0.4) is 0 Å². The van der Waals surface area contributed by atoms with Gasteiger partial charge in [0, 0.05) is 24.4 Å². The maximum Gasteiger partial charge on any atom is 0.255 e. The lowest BCUT2D eigenvalue weighted by atomic mass is 10.2. The zero-order valence-electron chi connectivity index (χ0n) is 11.6. The third kappa shape index (κ3) is 3.89. The molecule has 2 aromatic heterocycles. The topological polar surface area (TPSA) is 77.2 Å². The van der Waals surface area contributed by atoms with Gasteiger partial charge in [-0.1, -0.05) is 11.2 Å². The molecule has 0 aliphatic carbocycles. The first kappa shape index (κ1) is 14.2. The van der Waals surface area contributed by atoms with E-state index in [1.54, 1.807) is 11.3 Å². The summed E-state index contributed by atoms with van der Waals surface area (Å²) >= 11 is 1.58. The molecule has 7 heteroatoms. The van der Waals surface area contributed by atoms with E-state index in [9.17, 15) is 4.79 Å². The largest absolute Gasteiger partial charge is 0.368 e. The molecule has 1 aliphatic heterocycles. The Morgan fingerprint density at radius 2 is 2.48 bits per heavy atom. The minimum absolute atomic E-state index is 0.0142. The molecule has 3 heterocycles. The van der Waals surface area contributed by atoms with Crippen LogP contribution in [0.1, 0.15) is 35.5 Å². The molecule has 0 radical (unpaired) electrons. The number of nitrogens with one attached hydrogen (secondary N) is 1. The first-order chi connectivity index (χ1) is 10.3. The van der Waals surface area contributed by atoms with E-state index in [4.69, 9.17) is 9.26 Å². The van der Waals surface area contributed by atoms with E-state index in [0.717, 1.165) is 24.3 Å². The summed E-state index contributed by atoms with van der Waals surface area (Å²) in [6.07, 6.45) is 2.89. The van der Waals surface area contributed by atoms with Gasteiger partial charge in [-0.2, -0.15) is 4.98 Å². The van der Waals surface area contributed by atoms with Crippen LogP contribution in [0, 0.1) is 0 Å². The molecular formula is C14H17N3O3S. The third-order valence-corrected chi connectivity index (χ3v) is 4.15. The van der Waals surface area contributed by atoms with Crippen molar-refractivity contribution >= 4 is 17.2 Å². The molecule has 21 heavy (non-hydrogen) atoms. The molecule has 0 saturated carbocycles. The number of carbonyl (C=O) groups is 1. The normalized spacial score (nSPS) is 18.0. The number of amides is 1. The van der Waals surface area contributed by atoms with Gasteiger partial charge in [0.2, 0.25) is 5.91 Å². The highest BCUT2D eigenvalue weighted by molar-refractivity contribution is 7.10. The molecule has 0 bridgehead atoms. The maximum atomic E-state index is 11.7. The first-order valence-electron chi connectivity index (χ1n) is 7.04. The van der Waals surface area contributed by atoms with Crippen LogP contribution in [0.15, 0.2) is 22.0 Å². The maximum absolute atomic E-state index is 11.7. The summed E-state index contributed by atoms with van der Waals surface area (Å²) in [6.45, 7) is 1.26. The van der Waals surface area contributed by atoms with Crippen LogP contribution in [-0.4, -0.2) is 29.2 Å². The summed E-state index contributed by atoms with van der Waals surface area (Å²) in [5.74, 6) is 1.17. The number of thiophene rings is 1. The fraction of sp³-hybridized carbons (Fsp3) is 0.500. The smallest absolute Gasteiger partial charge is 0.255 e. The lowest BCUT2D eigenvalue weighted by Crippen LogP contribution is -2.27. The van der Waals surface area contributed by atoms with E-state index >= 15 is 0 Å². The average molecular weight is 307 g/mol. The second kappa shape index (κ2) is 6.82. The SMILES string of the molecule is O=C(Cc1cccs1)NCCc1noc(C2CCCO2)n1. The number of hydrogen-bond donors (Lipinski definition) is 1. The van der Waals surface area contributed by atoms with Crippen molar-refractivity contribution in [3.63, 3.8) is 0 Å². The molecule has 1 unspecified atom stereocenters. The van der Waals surface area contributed by atoms with E-state index in [0.29, 0.717) is 31.1 Å². The molecule has 3 rings (SSSR count). The summed E-state index contributed by atoms with van der Waals surface area (Å²) < 4.78 is 10.7. The van der Waals surface area contributed by atoms with Crippen molar-refractivity contribution in [1.29, 1.82) is 0 Å². The van der Waals surface area contributed by atoms with E-state index in [1.165, 1.54) is 0 Å². The highest BCUT2D eigenvalue weighted by Gasteiger charge is 2.23. The number of carbonyl (C=O) groups excluding carboxylic acids is 1. The molecule has 1 atom stereocenters. The predicted molar refractivity (Wildman–Crippen MR) is 77.0 cm³/mol. The Hall–Kier alpha value is -1.73. The van der Waals surface area contributed by atoms with Gasteiger partial charge in [-0.3, -0.25) is 4.79 Å². The lowest BCUT2D eigenvalue weighted by Gasteiger charge is -2.02. The third-order valence-electron chi connectivity index (χ3n) is 3.27. The Morgan fingerprint density at radius 3 is 3.24 bits per heavy atom. The second-order valence-corrected chi connectivity index (χ2v) is 5.94. The van der Waals surface area contributed by atoms with Gasteiger partial charge in [-0.15, -0.1) is 11.3 Å². The average Bonchev–Trinajstić information content (AvgIpc) is 3.21. The van der Waals surface area contributed by atoms with Crippen LogP contribution in [0.4, 0.5) is 0 Å². The van der Waals surface area contributed by atoms with Crippen LogP contribution in [0.25, 0.3) is 0 Å². The molecule has 1 saturated heterocycles. The summed E-state index contributed by atoms with van der Waals surface area (Å²) in [5, 5.41) is 8.75. The van der Waals surface area contributed by atoms with E-state index < -0.39 is 0 Å². The Kier molecular flexibility index (Phi) is 4.62. The van der Waals surface area contributed by atoms with Crippen molar-refractivity contribution < 1.29 is 14.1 Å². The minimum atomic E-state index is -0.0559. The van der Waals surface area contributed by atoms with Crippen molar-refractivity contribution in [2.24, 2.45) is 0 Å². The van der Waals surface area contributed by atoms with E-state index in [2.05, 4.69) is 15.5 Å². The first-order valence-corrected chi connectivity index (χ1v) is 7.92. The highest BCUT2D eigenvalue weighted by atomic mass is 32.1. The van der Waals surface area contributed by atoms with Crippen molar-refractivity contribution in [2.45, 2.75) is 31.8 Å². The molecule has 1 aliphatic rings. The second-order valence-electron chi connectivity index (χ2n) is 4.91. The quantitative estimate of drug-likeness (QED) is 0.881. The summed E-state index contributed by atoms with van der Waals surface area (Å²) in [4.78, 5) is 17.1. The molecule has 1 amide bonds. The van der Waals surface area contributed by atoms with Gasteiger partial charge in [0.15, 0.2) is 5.82 Å². The van der Waals surface area contributed by atoms with Crippen molar-refractivity contribution in [3.05, 3.63) is 34.1 Å². The Morgan fingerprint density at radius 1 is 1.52 bits per heavy atom. The van der Waals surface area contributed by atoms with Crippen LogP contribution in [-0.2, 0) is 22.4 Å². The fourth-order valence-electron chi connectivity index (χ4n) is 2.22. The van der Waals surface area contributed by atoms with Gasteiger partial charge in [0.1, 0.15) is 6.10 Å². The van der Waals surface area contributed by atoms with Crippen LogP contribution >= 0.6 is 11.3 Å². The van der Waals surface area contributed by atoms with Gasteiger partial charge in [-0.25, -0.2) is 0 Å². The van der Waals surface area contributed by atoms with Gasteiger partial charge < -0.3 is 14.6 Å². The number of rotatable bonds is 6. The molecule has 6 nitrogen and oxygen atoms in total. The van der Waals surface area contributed by atoms with Crippen molar-refractivity contribution in [3.8, 4) is 0 Å². The number of aromatic nitrogens is 2.